The van der Waals surface area contributed by atoms with E-state index < -0.39 is 0 Å². The summed E-state index contributed by atoms with van der Waals surface area (Å²) in [6, 6.07) is 4.45. The van der Waals surface area contributed by atoms with Crippen molar-refractivity contribution in [2.24, 2.45) is 0 Å². The fourth-order valence-electron chi connectivity index (χ4n) is 1.83. The van der Waals surface area contributed by atoms with E-state index >= 15 is 0 Å². The molecule has 2 aromatic rings. The van der Waals surface area contributed by atoms with Crippen LogP contribution in [0.15, 0.2) is 28.2 Å². The van der Waals surface area contributed by atoms with E-state index in [1.54, 1.807) is 17.6 Å². The smallest absolute Gasteiger partial charge is 0.120 e. The molecule has 0 saturated carbocycles. The molecule has 0 saturated heterocycles. The molecule has 2 aromatic heterocycles. The van der Waals surface area contributed by atoms with Crippen molar-refractivity contribution in [2.45, 2.75) is 39.3 Å². The van der Waals surface area contributed by atoms with Crippen LogP contribution in [0.5, 0.6) is 0 Å². The first kappa shape index (κ1) is 12.3. The first-order chi connectivity index (χ1) is 8.20. The van der Waals surface area contributed by atoms with Crippen molar-refractivity contribution in [2.75, 3.05) is 0 Å². The standard InChI is InChI=1S/C13H18N2OS/c1-4-11(12-6-5-7-16-12)15-10(3)13-14-9(2)8-17-13/h5-8,10-11,15H,4H2,1-3H3. The lowest BCUT2D eigenvalue weighted by atomic mass is 10.1. The van der Waals surface area contributed by atoms with Crippen LogP contribution < -0.4 is 5.32 Å². The molecule has 0 amide bonds. The van der Waals surface area contributed by atoms with Crippen molar-refractivity contribution in [3.05, 3.63) is 40.2 Å². The molecule has 0 aromatic carbocycles. The van der Waals surface area contributed by atoms with Gasteiger partial charge in [-0.25, -0.2) is 4.98 Å². The number of hydrogen-bond acceptors (Lipinski definition) is 4. The van der Waals surface area contributed by atoms with Gasteiger partial charge in [0.05, 0.1) is 18.3 Å². The molecule has 4 heteroatoms. The summed E-state index contributed by atoms with van der Waals surface area (Å²) < 4.78 is 5.45. The maximum Gasteiger partial charge on any atom is 0.120 e. The van der Waals surface area contributed by atoms with Gasteiger partial charge in [0.2, 0.25) is 0 Å². The zero-order valence-electron chi connectivity index (χ0n) is 10.4. The van der Waals surface area contributed by atoms with Gasteiger partial charge in [0.1, 0.15) is 10.8 Å². The molecule has 2 atom stereocenters. The fraction of sp³-hybridized carbons (Fsp3) is 0.462. The van der Waals surface area contributed by atoms with Crippen LogP contribution in [0.1, 0.15) is 48.8 Å². The molecular weight excluding hydrogens is 232 g/mol. The molecule has 2 unspecified atom stereocenters. The molecule has 0 spiro atoms. The van der Waals surface area contributed by atoms with Crippen LogP contribution in [-0.4, -0.2) is 4.98 Å². The number of nitrogens with one attached hydrogen (secondary N) is 1. The second-order valence-corrected chi connectivity index (χ2v) is 5.08. The van der Waals surface area contributed by atoms with Gasteiger partial charge in [0, 0.05) is 11.1 Å². The third-order valence-corrected chi connectivity index (χ3v) is 3.90. The Balaban J connectivity index is 2.04. The van der Waals surface area contributed by atoms with E-state index in [4.69, 9.17) is 4.42 Å². The van der Waals surface area contributed by atoms with Crippen LogP contribution in [0.2, 0.25) is 0 Å². The molecule has 0 radical (unpaired) electrons. The summed E-state index contributed by atoms with van der Waals surface area (Å²) in [4.78, 5) is 4.50. The molecule has 2 rings (SSSR count). The molecule has 0 fully saturated rings. The number of nitrogens with zero attached hydrogens (tertiary/aromatic N) is 1. The molecule has 0 bridgehead atoms. The van der Waals surface area contributed by atoms with Crippen molar-refractivity contribution in [1.29, 1.82) is 0 Å². The van der Waals surface area contributed by atoms with Gasteiger partial charge in [-0.2, -0.15) is 0 Å². The van der Waals surface area contributed by atoms with Gasteiger partial charge >= 0.3 is 0 Å². The summed E-state index contributed by atoms with van der Waals surface area (Å²) in [5.41, 5.74) is 1.09. The van der Waals surface area contributed by atoms with Gasteiger partial charge < -0.3 is 4.42 Å². The van der Waals surface area contributed by atoms with Gasteiger partial charge in [0.25, 0.3) is 0 Å². The highest BCUT2D eigenvalue weighted by Crippen LogP contribution is 2.24. The Morgan fingerprint density at radius 2 is 2.35 bits per heavy atom. The number of thiazole rings is 1. The Bertz CT molecular complexity index is 450. The average molecular weight is 250 g/mol. The Morgan fingerprint density at radius 1 is 1.53 bits per heavy atom. The summed E-state index contributed by atoms with van der Waals surface area (Å²) in [6.07, 6.45) is 2.72. The predicted molar refractivity (Wildman–Crippen MR) is 70.1 cm³/mol. The average Bonchev–Trinajstić information content (AvgIpc) is 2.96. The zero-order chi connectivity index (χ0) is 12.3. The first-order valence-corrected chi connectivity index (χ1v) is 6.80. The molecular formula is C13H18N2OS. The molecule has 0 aliphatic rings. The normalized spacial score (nSPS) is 14.8. The molecule has 0 aliphatic carbocycles. The highest BCUT2D eigenvalue weighted by atomic mass is 32.1. The van der Waals surface area contributed by atoms with E-state index in [0.717, 1.165) is 22.9 Å². The van der Waals surface area contributed by atoms with E-state index in [1.807, 2.05) is 19.1 Å². The lowest BCUT2D eigenvalue weighted by molar-refractivity contribution is 0.376. The Morgan fingerprint density at radius 3 is 2.88 bits per heavy atom. The van der Waals surface area contributed by atoms with Crippen molar-refractivity contribution in [3.63, 3.8) is 0 Å². The minimum absolute atomic E-state index is 0.253. The van der Waals surface area contributed by atoms with Crippen molar-refractivity contribution < 1.29 is 4.42 Å². The largest absolute Gasteiger partial charge is 0.468 e. The van der Waals surface area contributed by atoms with E-state index in [1.165, 1.54) is 0 Å². The number of hydrogen-bond donors (Lipinski definition) is 1. The lowest BCUT2D eigenvalue weighted by Crippen LogP contribution is -2.23. The van der Waals surface area contributed by atoms with Gasteiger partial charge in [-0.1, -0.05) is 6.92 Å². The van der Waals surface area contributed by atoms with Gasteiger partial charge in [-0.3, -0.25) is 5.32 Å². The summed E-state index contributed by atoms with van der Waals surface area (Å²) in [6.45, 7) is 6.32. The highest BCUT2D eigenvalue weighted by molar-refractivity contribution is 7.09. The maximum absolute atomic E-state index is 5.45. The van der Waals surface area contributed by atoms with Crippen LogP contribution in [0, 0.1) is 6.92 Å². The zero-order valence-corrected chi connectivity index (χ0v) is 11.3. The highest BCUT2D eigenvalue weighted by Gasteiger charge is 2.17. The van der Waals surface area contributed by atoms with Crippen molar-refractivity contribution >= 4 is 11.3 Å². The van der Waals surface area contributed by atoms with E-state index in [-0.39, 0.29) is 12.1 Å². The Hall–Kier alpha value is -1.13. The summed E-state index contributed by atoms with van der Waals surface area (Å²) in [5.74, 6) is 0.993. The Kier molecular flexibility index (Phi) is 3.97. The quantitative estimate of drug-likeness (QED) is 0.876. The van der Waals surface area contributed by atoms with E-state index in [2.05, 4.69) is 29.5 Å². The Labute approximate surface area is 106 Å². The number of furan rings is 1. The third kappa shape index (κ3) is 2.96. The maximum atomic E-state index is 5.45. The second kappa shape index (κ2) is 5.47. The molecule has 17 heavy (non-hydrogen) atoms. The topological polar surface area (TPSA) is 38.1 Å². The molecule has 0 aliphatic heterocycles. The van der Waals surface area contributed by atoms with Gasteiger partial charge in [-0.15, -0.1) is 11.3 Å². The van der Waals surface area contributed by atoms with Crippen LogP contribution in [0.4, 0.5) is 0 Å². The van der Waals surface area contributed by atoms with E-state index in [9.17, 15) is 0 Å². The second-order valence-electron chi connectivity index (χ2n) is 4.19. The van der Waals surface area contributed by atoms with Crippen LogP contribution in [0.3, 0.4) is 0 Å². The van der Waals surface area contributed by atoms with Crippen LogP contribution >= 0.6 is 11.3 Å². The molecule has 92 valence electrons. The first-order valence-electron chi connectivity index (χ1n) is 5.92. The summed E-state index contributed by atoms with van der Waals surface area (Å²) >= 11 is 1.70. The molecule has 2 heterocycles. The van der Waals surface area contributed by atoms with Crippen LogP contribution in [-0.2, 0) is 0 Å². The van der Waals surface area contributed by atoms with Gasteiger partial charge in [0.15, 0.2) is 0 Å². The summed E-state index contributed by atoms with van der Waals surface area (Å²) in [7, 11) is 0. The fourth-order valence-corrected chi connectivity index (χ4v) is 2.65. The lowest BCUT2D eigenvalue weighted by Gasteiger charge is -2.19. The number of rotatable bonds is 5. The minimum Gasteiger partial charge on any atom is -0.468 e. The SMILES string of the molecule is CCC(NC(C)c1nc(C)cs1)c1ccco1. The minimum atomic E-state index is 0.253. The van der Waals surface area contributed by atoms with E-state index in [0.29, 0.717) is 0 Å². The van der Waals surface area contributed by atoms with Crippen molar-refractivity contribution in [1.82, 2.24) is 10.3 Å². The summed E-state index contributed by atoms with van der Waals surface area (Å²) in [5, 5.41) is 6.77. The van der Waals surface area contributed by atoms with Crippen LogP contribution in [0.25, 0.3) is 0 Å². The number of aromatic nitrogens is 1. The molecule has 1 N–H and O–H groups in total. The predicted octanol–water partition coefficient (Wildman–Crippen LogP) is 3.85. The monoisotopic (exact) mass is 250 g/mol. The number of aryl methyl sites for hydroxylation is 1. The third-order valence-electron chi connectivity index (χ3n) is 2.75. The van der Waals surface area contributed by atoms with Crippen molar-refractivity contribution in [3.8, 4) is 0 Å². The molecule has 3 nitrogen and oxygen atoms in total. The van der Waals surface area contributed by atoms with Gasteiger partial charge in [-0.05, 0) is 32.4 Å².